The molecule has 0 saturated carbocycles. The zero-order valence-electron chi connectivity index (χ0n) is 10.8. The van der Waals surface area contributed by atoms with Crippen LogP contribution in [-0.2, 0) is 0 Å². The Bertz CT molecular complexity index is 591. The lowest BCUT2D eigenvalue weighted by Crippen LogP contribution is -1.94. The average molecular weight is 242 g/mol. The number of aryl methyl sites for hydroxylation is 3. The summed E-state index contributed by atoms with van der Waals surface area (Å²) in [5.74, 6) is -0.213. The highest BCUT2D eigenvalue weighted by Gasteiger charge is 2.11. The van der Waals surface area contributed by atoms with Gasteiger partial charge in [0.2, 0.25) is 0 Å². The molecule has 0 fully saturated rings. The summed E-state index contributed by atoms with van der Waals surface area (Å²) in [6.45, 7) is 5.67. The molecule has 2 rings (SSSR count). The number of aldehydes is 1. The molecule has 0 aliphatic heterocycles. The molecule has 0 unspecified atom stereocenters. The molecule has 0 saturated heterocycles. The minimum absolute atomic E-state index is 0.213. The molecule has 2 heteroatoms. The van der Waals surface area contributed by atoms with Crippen molar-refractivity contribution in [2.45, 2.75) is 20.8 Å². The standard InChI is InChI=1S/C16H15FO/c1-10-6-12(3)16(15(17)7-10)14-5-4-13(9-18)8-11(14)2/h4-9H,1-3H3. The molecule has 0 amide bonds. The van der Waals surface area contributed by atoms with Gasteiger partial charge in [0, 0.05) is 11.1 Å². The third-order valence-electron chi connectivity index (χ3n) is 3.09. The van der Waals surface area contributed by atoms with Crippen molar-refractivity contribution >= 4 is 6.29 Å². The van der Waals surface area contributed by atoms with Crippen molar-refractivity contribution in [2.75, 3.05) is 0 Å². The fraction of sp³-hybridized carbons (Fsp3) is 0.188. The van der Waals surface area contributed by atoms with Gasteiger partial charge in [-0.3, -0.25) is 4.79 Å². The molecule has 0 aliphatic rings. The minimum atomic E-state index is -0.213. The predicted octanol–water partition coefficient (Wildman–Crippen LogP) is 4.23. The molecule has 1 nitrogen and oxygen atoms in total. The fourth-order valence-corrected chi connectivity index (χ4v) is 2.30. The van der Waals surface area contributed by atoms with Crippen LogP contribution >= 0.6 is 0 Å². The highest BCUT2D eigenvalue weighted by molar-refractivity contribution is 5.79. The van der Waals surface area contributed by atoms with E-state index in [9.17, 15) is 9.18 Å². The van der Waals surface area contributed by atoms with E-state index in [1.54, 1.807) is 18.2 Å². The maximum atomic E-state index is 14.1. The largest absolute Gasteiger partial charge is 0.298 e. The summed E-state index contributed by atoms with van der Waals surface area (Å²) in [7, 11) is 0. The van der Waals surface area contributed by atoms with E-state index in [0.29, 0.717) is 11.1 Å². The summed E-state index contributed by atoms with van der Waals surface area (Å²) in [6.07, 6.45) is 0.801. The van der Waals surface area contributed by atoms with Crippen LogP contribution in [0.1, 0.15) is 27.0 Å². The van der Waals surface area contributed by atoms with Crippen LogP contribution in [0.15, 0.2) is 30.3 Å². The molecule has 0 N–H and O–H groups in total. The smallest absolute Gasteiger partial charge is 0.150 e. The molecule has 2 aromatic carbocycles. The lowest BCUT2D eigenvalue weighted by molar-refractivity contribution is 0.112. The van der Waals surface area contributed by atoms with E-state index < -0.39 is 0 Å². The molecule has 0 spiro atoms. The van der Waals surface area contributed by atoms with Gasteiger partial charge in [0.05, 0.1) is 0 Å². The number of rotatable bonds is 2. The third-order valence-corrected chi connectivity index (χ3v) is 3.09. The first-order chi connectivity index (χ1) is 8.52. The first kappa shape index (κ1) is 12.5. The van der Waals surface area contributed by atoms with Crippen molar-refractivity contribution in [3.63, 3.8) is 0 Å². The van der Waals surface area contributed by atoms with E-state index in [1.165, 1.54) is 6.07 Å². The Morgan fingerprint density at radius 3 is 2.28 bits per heavy atom. The highest BCUT2D eigenvalue weighted by atomic mass is 19.1. The van der Waals surface area contributed by atoms with Crippen LogP contribution < -0.4 is 0 Å². The average Bonchev–Trinajstić information content (AvgIpc) is 2.29. The molecule has 92 valence electrons. The normalized spacial score (nSPS) is 10.4. The predicted molar refractivity (Wildman–Crippen MR) is 71.4 cm³/mol. The van der Waals surface area contributed by atoms with Crippen molar-refractivity contribution in [2.24, 2.45) is 0 Å². The van der Waals surface area contributed by atoms with Crippen LogP contribution in [0.4, 0.5) is 4.39 Å². The Hall–Kier alpha value is -1.96. The van der Waals surface area contributed by atoms with Gasteiger partial charge in [0.1, 0.15) is 12.1 Å². The van der Waals surface area contributed by atoms with Gasteiger partial charge in [-0.15, -0.1) is 0 Å². The number of carbonyl (C=O) groups is 1. The Morgan fingerprint density at radius 1 is 1.00 bits per heavy atom. The second-order valence-corrected chi connectivity index (χ2v) is 4.63. The monoisotopic (exact) mass is 242 g/mol. The molecule has 2 aromatic rings. The van der Waals surface area contributed by atoms with Gasteiger partial charge in [-0.25, -0.2) is 4.39 Å². The quantitative estimate of drug-likeness (QED) is 0.720. The lowest BCUT2D eigenvalue weighted by Gasteiger charge is -2.12. The molecule has 0 atom stereocenters. The molecule has 0 aromatic heterocycles. The van der Waals surface area contributed by atoms with Crippen LogP contribution in [-0.4, -0.2) is 6.29 Å². The van der Waals surface area contributed by atoms with Gasteiger partial charge in [0.15, 0.2) is 0 Å². The van der Waals surface area contributed by atoms with Crippen molar-refractivity contribution in [1.29, 1.82) is 0 Å². The Balaban J connectivity index is 2.66. The maximum absolute atomic E-state index is 14.1. The summed E-state index contributed by atoms with van der Waals surface area (Å²) in [4.78, 5) is 10.7. The molecule has 0 aliphatic carbocycles. The fourth-order valence-electron chi connectivity index (χ4n) is 2.30. The second kappa shape index (κ2) is 4.73. The number of hydrogen-bond acceptors (Lipinski definition) is 1. The molecule has 18 heavy (non-hydrogen) atoms. The number of halogens is 1. The van der Waals surface area contributed by atoms with Gasteiger partial charge in [0.25, 0.3) is 0 Å². The Kier molecular flexibility index (Phi) is 3.28. The summed E-state index contributed by atoms with van der Waals surface area (Å²) in [5.41, 5.74) is 4.81. The van der Waals surface area contributed by atoms with Crippen LogP contribution in [0, 0.1) is 26.6 Å². The molecule has 0 heterocycles. The van der Waals surface area contributed by atoms with Crippen molar-refractivity contribution in [1.82, 2.24) is 0 Å². The summed E-state index contributed by atoms with van der Waals surface area (Å²) >= 11 is 0. The molecule has 0 radical (unpaired) electrons. The van der Waals surface area contributed by atoms with Crippen molar-refractivity contribution in [3.8, 4) is 11.1 Å². The second-order valence-electron chi connectivity index (χ2n) is 4.63. The maximum Gasteiger partial charge on any atom is 0.150 e. The zero-order chi connectivity index (χ0) is 13.3. The van der Waals surface area contributed by atoms with E-state index in [2.05, 4.69) is 0 Å². The van der Waals surface area contributed by atoms with E-state index >= 15 is 0 Å². The topological polar surface area (TPSA) is 17.1 Å². The van der Waals surface area contributed by atoms with Crippen molar-refractivity contribution in [3.05, 3.63) is 58.4 Å². The van der Waals surface area contributed by atoms with Crippen LogP contribution in [0.5, 0.6) is 0 Å². The lowest BCUT2D eigenvalue weighted by atomic mass is 9.94. The molecular weight excluding hydrogens is 227 g/mol. The number of hydrogen-bond donors (Lipinski definition) is 0. The summed E-state index contributed by atoms with van der Waals surface area (Å²) < 4.78 is 14.1. The first-order valence-corrected chi connectivity index (χ1v) is 5.86. The van der Waals surface area contributed by atoms with E-state index in [0.717, 1.165) is 28.5 Å². The zero-order valence-corrected chi connectivity index (χ0v) is 10.8. The molecule has 0 bridgehead atoms. The minimum Gasteiger partial charge on any atom is -0.298 e. The van der Waals surface area contributed by atoms with E-state index in [4.69, 9.17) is 0 Å². The SMILES string of the molecule is Cc1cc(C)c(-c2ccc(C=O)cc2C)c(F)c1. The first-order valence-electron chi connectivity index (χ1n) is 5.86. The van der Waals surface area contributed by atoms with Crippen LogP contribution in [0.25, 0.3) is 11.1 Å². The molecular formula is C16H15FO. The van der Waals surface area contributed by atoms with Gasteiger partial charge >= 0.3 is 0 Å². The van der Waals surface area contributed by atoms with E-state index in [-0.39, 0.29) is 5.82 Å². The Morgan fingerprint density at radius 2 is 1.72 bits per heavy atom. The van der Waals surface area contributed by atoms with Crippen LogP contribution in [0.2, 0.25) is 0 Å². The number of carbonyl (C=O) groups excluding carboxylic acids is 1. The highest BCUT2D eigenvalue weighted by Crippen LogP contribution is 2.30. The van der Waals surface area contributed by atoms with Gasteiger partial charge in [-0.05, 0) is 55.2 Å². The van der Waals surface area contributed by atoms with Crippen LogP contribution in [0.3, 0.4) is 0 Å². The third kappa shape index (κ3) is 2.19. The number of benzene rings is 2. The summed E-state index contributed by atoms with van der Waals surface area (Å²) in [6, 6.07) is 8.80. The van der Waals surface area contributed by atoms with E-state index in [1.807, 2.05) is 26.8 Å². The summed E-state index contributed by atoms with van der Waals surface area (Å²) in [5, 5.41) is 0. The van der Waals surface area contributed by atoms with Gasteiger partial charge in [-0.2, -0.15) is 0 Å². The van der Waals surface area contributed by atoms with Gasteiger partial charge < -0.3 is 0 Å². The van der Waals surface area contributed by atoms with Gasteiger partial charge in [-0.1, -0.05) is 18.2 Å². The Labute approximate surface area is 106 Å². The van der Waals surface area contributed by atoms with Crippen molar-refractivity contribution < 1.29 is 9.18 Å².